The normalized spacial score (nSPS) is 10.1. The van der Waals surface area contributed by atoms with Gasteiger partial charge in [-0.25, -0.2) is 33.7 Å². The van der Waals surface area contributed by atoms with Gasteiger partial charge in [0.1, 0.15) is 0 Å². The molecule has 0 aromatic heterocycles. The summed E-state index contributed by atoms with van der Waals surface area (Å²) in [5, 5.41) is 20.9. The molecule has 0 amide bonds. The summed E-state index contributed by atoms with van der Waals surface area (Å²) in [6.45, 7) is 7.38. The van der Waals surface area contributed by atoms with Crippen LogP contribution < -0.4 is 35.1 Å². The van der Waals surface area contributed by atoms with Crippen molar-refractivity contribution in [2.75, 3.05) is 30.4 Å². The lowest BCUT2D eigenvalue weighted by Crippen LogP contribution is -2.13. The molecule has 0 saturated carbocycles. The minimum atomic E-state index is -3.77. The zero-order valence-electron chi connectivity index (χ0n) is 62.0. The Hall–Kier alpha value is -14.2. The summed E-state index contributed by atoms with van der Waals surface area (Å²) in [5.41, 5.74) is 21.7. The highest BCUT2D eigenvalue weighted by atomic mass is 32.2. The predicted octanol–water partition coefficient (Wildman–Crippen LogP) is 13.4. The first-order valence-corrected chi connectivity index (χ1v) is 39.5. The molecule has 0 saturated heterocycles. The van der Waals surface area contributed by atoms with Gasteiger partial charge in [0.2, 0.25) is 0 Å². The summed E-state index contributed by atoms with van der Waals surface area (Å²) < 4.78 is 114. The molecule has 0 atom stereocenters. The first-order chi connectivity index (χ1) is 54.8. The Balaban J connectivity index is 0.000000367. The van der Waals surface area contributed by atoms with Gasteiger partial charge < -0.3 is 16.2 Å². The highest BCUT2D eigenvalue weighted by molar-refractivity contribution is 7.93. The summed E-state index contributed by atoms with van der Waals surface area (Å²) in [5.74, 6) is 0.187. The van der Waals surface area contributed by atoms with Crippen LogP contribution in [0.3, 0.4) is 0 Å². The number of hydrogen-bond acceptors (Lipinski definition) is 24. The molecule has 0 aliphatic rings. The third-order valence-electron chi connectivity index (χ3n) is 15.4. The van der Waals surface area contributed by atoms with Crippen LogP contribution in [0.5, 0.6) is 5.75 Å². The minimum Gasteiger partial charge on any atom is -0.426 e. The molecular formula is C81H78N8O22S4. The Morgan fingerprint density at radius 2 is 0.609 bits per heavy atom. The second kappa shape index (κ2) is 49.9. The molecule has 0 bridgehead atoms. The van der Waals surface area contributed by atoms with Gasteiger partial charge >= 0.3 is 24.6 Å². The number of nitrogens with zero attached hydrogens (tertiary/aromatic N) is 2. The molecule has 0 spiro atoms. The third kappa shape index (κ3) is 34.7. The van der Waals surface area contributed by atoms with Gasteiger partial charge in [-0.1, -0.05) is 152 Å². The summed E-state index contributed by atoms with van der Waals surface area (Å²) in [4.78, 5) is 96.6. The lowest BCUT2D eigenvalue weighted by atomic mass is 10.0. The molecule has 11 aromatic carbocycles. The van der Waals surface area contributed by atoms with Crippen LogP contribution in [0.4, 0.5) is 45.5 Å². The van der Waals surface area contributed by atoms with Crippen LogP contribution in [0.2, 0.25) is 0 Å². The van der Waals surface area contributed by atoms with E-state index in [2.05, 4.69) is 61.4 Å². The van der Waals surface area contributed by atoms with Crippen molar-refractivity contribution in [3.63, 3.8) is 0 Å². The Morgan fingerprint density at radius 1 is 0.339 bits per heavy atom. The van der Waals surface area contributed by atoms with Crippen molar-refractivity contribution in [1.29, 1.82) is 0 Å². The van der Waals surface area contributed by atoms with Crippen LogP contribution in [0.15, 0.2) is 293 Å². The number of ether oxygens (including phenoxy) is 1. The standard InChI is InChI=1S/C22H21NO4S.C22H23NO2S.C13H12N2O4S.C13H14N2O2S.C7H8N2O2.4CO2/c24-17-27-22-16-19(11-7-10-18-8-3-1-4-9-18)14-15-21(22)23-28(25,26)20-12-5-2-6-13-20;1-18-17-20(12-8-11-19-9-4-2-5-10-19)15-16-22(18)23-26(24,25)21-13-6-3-7-14-21;1-10-9-11(15(16)17)7-8-13(10)14-20(18,19)12-5-3-2-4-6-12;1-10-9-11(14)7-8-13(10)15-18(16,17)12-5-3-2-4-6-12;1-5-4-6(9(10)11)2-3-7(5)8;4*2-1-3/h1-6,8-9,12-17,23H,7,10-11H2;2-7,9-10,13-17,23H,8,11-12H2,1H3;2-9,14H,1H3;2-9,15H,14H2,1H3;2-4H,8H2,1H3;;;;. The summed E-state index contributed by atoms with van der Waals surface area (Å²) in [7, 11) is -14.5. The number of nitrogens with two attached hydrogens (primary N) is 2. The van der Waals surface area contributed by atoms with Crippen molar-refractivity contribution in [3.05, 3.63) is 338 Å². The number of benzene rings is 11. The van der Waals surface area contributed by atoms with Gasteiger partial charge in [-0.05, 0) is 208 Å². The Morgan fingerprint density at radius 3 is 0.922 bits per heavy atom. The zero-order chi connectivity index (χ0) is 85.4. The van der Waals surface area contributed by atoms with Gasteiger partial charge in [0, 0.05) is 35.6 Å². The maximum atomic E-state index is 12.5. The van der Waals surface area contributed by atoms with Gasteiger partial charge in [-0.2, -0.15) is 38.4 Å². The number of nitro benzene ring substituents is 2. The van der Waals surface area contributed by atoms with Crippen LogP contribution in [0.1, 0.15) is 57.3 Å². The third-order valence-corrected chi connectivity index (χ3v) is 20.9. The summed E-state index contributed by atoms with van der Waals surface area (Å²) >= 11 is 0. The van der Waals surface area contributed by atoms with Crippen LogP contribution in [-0.4, -0.2) is 74.6 Å². The number of anilines is 6. The molecule has 598 valence electrons. The fourth-order valence-electron chi connectivity index (χ4n) is 9.90. The zero-order valence-corrected chi connectivity index (χ0v) is 65.2. The molecule has 11 aromatic rings. The lowest BCUT2D eigenvalue weighted by Gasteiger charge is -2.13. The van der Waals surface area contributed by atoms with E-state index < -0.39 is 49.9 Å². The van der Waals surface area contributed by atoms with Gasteiger partial charge in [0.15, 0.2) is 5.75 Å². The summed E-state index contributed by atoms with van der Waals surface area (Å²) in [6.07, 6.45) is 6.74. The van der Waals surface area contributed by atoms with Crippen molar-refractivity contribution in [2.24, 2.45) is 0 Å². The number of nitro groups is 2. The van der Waals surface area contributed by atoms with E-state index in [0.717, 1.165) is 60.8 Å². The average Bonchev–Trinajstić information content (AvgIpc) is 0.834. The molecule has 0 unspecified atom stereocenters. The molecule has 11 rings (SSSR count). The number of sulfonamides is 4. The van der Waals surface area contributed by atoms with Crippen molar-refractivity contribution < 1.29 is 91.4 Å². The predicted molar refractivity (Wildman–Crippen MR) is 426 cm³/mol. The number of carbonyl (C=O) groups is 1. The SMILES string of the molecule is Cc1cc(CCCc2ccccc2)ccc1NS(=O)(=O)c1ccccc1.Cc1cc(N)ccc1NS(=O)(=O)c1ccccc1.Cc1cc([N+](=O)[O-])ccc1N.Cc1cc([N+](=O)[O-])ccc1NS(=O)(=O)c1ccccc1.O=C=O.O=C=O.O=C=O.O=C=O.O=COc1cc(CCCc2ccccc2)ccc1NS(=O)(=O)c1ccccc1. The highest BCUT2D eigenvalue weighted by Crippen LogP contribution is 2.30. The van der Waals surface area contributed by atoms with Crippen molar-refractivity contribution in [2.45, 2.75) is 85.8 Å². The van der Waals surface area contributed by atoms with E-state index in [1.54, 1.807) is 148 Å². The molecule has 0 aliphatic carbocycles. The second-order valence-electron chi connectivity index (χ2n) is 23.5. The number of rotatable bonds is 24. The fourth-order valence-corrected chi connectivity index (χ4v) is 14.4. The molecule has 0 heterocycles. The first-order valence-electron chi connectivity index (χ1n) is 33.6. The molecule has 34 heteroatoms. The smallest absolute Gasteiger partial charge is 0.373 e. The average molecular weight is 1640 g/mol. The minimum absolute atomic E-state index is 0.0786. The van der Waals surface area contributed by atoms with E-state index >= 15 is 0 Å². The van der Waals surface area contributed by atoms with E-state index in [1.165, 1.54) is 77.4 Å². The molecule has 0 aliphatic heterocycles. The van der Waals surface area contributed by atoms with E-state index in [4.69, 9.17) is 54.6 Å². The number of hydrogen-bond donors (Lipinski definition) is 6. The fraction of sp³-hybridized carbons (Fsp3) is 0.123. The number of non-ortho nitro benzene ring substituents is 2. The van der Waals surface area contributed by atoms with E-state index in [1.807, 2.05) is 49.4 Å². The lowest BCUT2D eigenvalue weighted by molar-refractivity contribution is -0.385. The number of carbonyl (C=O) groups excluding carboxylic acids is 9. The Kier molecular flexibility index (Phi) is 41.2. The highest BCUT2D eigenvalue weighted by Gasteiger charge is 2.20. The van der Waals surface area contributed by atoms with Crippen LogP contribution >= 0.6 is 0 Å². The summed E-state index contributed by atoms with van der Waals surface area (Å²) in [6, 6.07) is 77.7. The second-order valence-corrected chi connectivity index (χ2v) is 30.2. The Bertz CT molecular complexity index is 5520. The van der Waals surface area contributed by atoms with Crippen LogP contribution in [0, 0.1) is 47.9 Å². The molecule has 8 N–H and O–H groups in total. The Labute approximate surface area is 663 Å². The molecule has 115 heavy (non-hydrogen) atoms. The van der Waals surface area contributed by atoms with Gasteiger partial charge in [0.05, 0.1) is 52.2 Å². The topological polar surface area (TPSA) is 486 Å². The van der Waals surface area contributed by atoms with Crippen molar-refractivity contribution in [3.8, 4) is 5.75 Å². The molecule has 30 nitrogen and oxygen atoms in total. The van der Waals surface area contributed by atoms with E-state index in [9.17, 15) is 58.7 Å². The van der Waals surface area contributed by atoms with Crippen molar-refractivity contribution in [1.82, 2.24) is 0 Å². The number of nitrogen functional groups attached to an aromatic ring is 2. The first kappa shape index (κ1) is 95.0. The maximum absolute atomic E-state index is 12.5. The monoisotopic (exact) mass is 1640 g/mol. The van der Waals surface area contributed by atoms with E-state index in [0.29, 0.717) is 40.5 Å². The van der Waals surface area contributed by atoms with Crippen molar-refractivity contribution >= 4 is 117 Å². The maximum Gasteiger partial charge on any atom is 0.373 e. The van der Waals surface area contributed by atoms with Crippen LogP contribution in [0.25, 0.3) is 0 Å². The number of aryl methyl sites for hydroxylation is 8. The largest absolute Gasteiger partial charge is 0.426 e. The number of nitrogens with one attached hydrogen (secondary N) is 4. The van der Waals surface area contributed by atoms with Gasteiger partial charge in [-0.15, -0.1) is 0 Å². The molecule has 0 fully saturated rings. The van der Waals surface area contributed by atoms with E-state index in [-0.39, 0.29) is 67.0 Å². The quantitative estimate of drug-likeness (QED) is 0.0142. The molecule has 0 radical (unpaired) electrons. The van der Waals surface area contributed by atoms with Gasteiger partial charge in [-0.3, -0.25) is 43.9 Å². The molecular weight excluding hydrogens is 1570 g/mol. The van der Waals surface area contributed by atoms with Gasteiger partial charge in [0.25, 0.3) is 57.9 Å². The van der Waals surface area contributed by atoms with Crippen LogP contribution in [-0.2, 0) is 109 Å².